The third-order valence-corrected chi connectivity index (χ3v) is 3.73. The van der Waals surface area contributed by atoms with Gasteiger partial charge in [0, 0.05) is 6.42 Å². The van der Waals surface area contributed by atoms with Gasteiger partial charge in [-0.1, -0.05) is 24.3 Å². The molecule has 0 N–H and O–H groups in total. The Balaban J connectivity index is 1.70. The Morgan fingerprint density at radius 1 is 1.15 bits per heavy atom. The van der Waals surface area contributed by atoms with Crippen LogP contribution in [0.25, 0.3) is 0 Å². The molecular formula is C12H16O. The number of fused-ring (bicyclic) bond motifs is 2. The molecule has 2 aliphatic carbocycles. The van der Waals surface area contributed by atoms with Crippen molar-refractivity contribution in [3.8, 4) is 0 Å². The third kappa shape index (κ3) is 1.26. The van der Waals surface area contributed by atoms with Crippen molar-refractivity contribution in [2.75, 3.05) is 0 Å². The van der Waals surface area contributed by atoms with Crippen LogP contribution in [0, 0.1) is 11.8 Å². The number of hydrogen-bond acceptors (Lipinski definition) is 1. The zero-order valence-corrected chi connectivity index (χ0v) is 7.86. The van der Waals surface area contributed by atoms with Crippen LogP contribution < -0.4 is 0 Å². The molecule has 0 aromatic heterocycles. The molecule has 2 aliphatic heterocycles. The molecule has 4 atom stereocenters. The van der Waals surface area contributed by atoms with Gasteiger partial charge >= 0.3 is 0 Å². The van der Waals surface area contributed by atoms with Gasteiger partial charge in [-0.05, 0) is 31.1 Å². The molecule has 70 valence electrons. The summed E-state index contributed by atoms with van der Waals surface area (Å²) in [7, 11) is 0. The maximum absolute atomic E-state index is 5.78. The minimum atomic E-state index is 0.597. The van der Waals surface area contributed by atoms with Crippen molar-refractivity contribution in [1.82, 2.24) is 0 Å². The van der Waals surface area contributed by atoms with Crippen molar-refractivity contribution in [3.63, 3.8) is 0 Å². The summed E-state index contributed by atoms with van der Waals surface area (Å²) >= 11 is 0. The quantitative estimate of drug-likeness (QED) is 0.597. The first-order chi connectivity index (χ1) is 6.43. The average molecular weight is 176 g/mol. The summed E-state index contributed by atoms with van der Waals surface area (Å²) in [6.45, 7) is 0. The lowest BCUT2D eigenvalue weighted by atomic mass is 9.71. The molecule has 0 spiro atoms. The number of allylic oxidation sites excluding steroid dienone is 4. The van der Waals surface area contributed by atoms with Crippen molar-refractivity contribution in [2.45, 2.75) is 37.9 Å². The maximum Gasteiger partial charge on any atom is 0.0637 e. The molecule has 4 aliphatic rings. The van der Waals surface area contributed by atoms with Crippen LogP contribution in [0.1, 0.15) is 25.7 Å². The lowest BCUT2D eigenvalue weighted by Gasteiger charge is -2.49. The van der Waals surface area contributed by atoms with Gasteiger partial charge in [0.1, 0.15) is 0 Å². The van der Waals surface area contributed by atoms with Crippen molar-refractivity contribution in [2.24, 2.45) is 11.8 Å². The predicted molar refractivity (Wildman–Crippen MR) is 52.4 cm³/mol. The number of hydrogen-bond donors (Lipinski definition) is 0. The van der Waals surface area contributed by atoms with Gasteiger partial charge in [0.15, 0.2) is 0 Å². The van der Waals surface area contributed by atoms with Gasteiger partial charge in [-0.15, -0.1) is 0 Å². The molecule has 0 amide bonds. The van der Waals surface area contributed by atoms with E-state index in [-0.39, 0.29) is 0 Å². The standard InChI is InChI=1S/C12H16O/c1-2-4-9(5-3-1)11-7-6-10-8-12(11)13-10/h1-4,9-12H,5-8H2. The van der Waals surface area contributed by atoms with E-state index in [9.17, 15) is 0 Å². The van der Waals surface area contributed by atoms with Crippen molar-refractivity contribution in [3.05, 3.63) is 24.3 Å². The Morgan fingerprint density at radius 3 is 2.69 bits per heavy atom. The van der Waals surface area contributed by atoms with E-state index >= 15 is 0 Å². The molecule has 1 saturated carbocycles. The average Bonchev–Trinajstić information content (AvgIpc) is 2.18. The summed E-state index contributed by atoms with van der Waals surface area (Å²) < 4.78 is 5.78. The van der Waals surface area contributed by atoms with E-state index in [1.165, 1.54) is 25.7 Å². The lowest BCUT2D eigenvalue weighted by molar-refractivity contribution is -0.192. The van der Waals surface area contributed by atoms with Crippen LogP contribution in [0.3, 0.4) is 0 Å². The van der Waals surface area contributed by atoms with Crippen molar-refractivity contribution >= 4 is 0 Å². The Morgan fingerprint density at radius 2 is 2.08 bits per heavy atom. The molecule has 4 rings (SSSR count). The van der Waals surface area contributed by atoms with Crippen molar-refractivity contribution in [1.29, 1.82) is 0 Å². The van der Waals surface area contributed by atoms with Crippen LogP contribution >= 0.6 is 0 Å². The Labute approximate surface area is 79.5 Å². The highest BCUT2D eigenvalue weighted by molar-refractivity contribution is 5.13. The molecule has 2 heterocycles. The molecule has 0 aromatic carbocycles. The fourth-order valence-corrected chi connectivity index (χ4v) is 2.93. The van der Waals surface area contributed by atoms with Crippen LogP contribution in [-0.2, 0) is 4.74 Å². The lowest BCUT2D eigenvalue weighted by Crippen LogP contribution is -2.49. The molecule has 13 heavy (non-hydrogen) atoms. The van der Waals surface area contributed by atoms with E-state index in [1.54, 1.807) is 0 Å². The van der Waals surface area contributed by atoms with E-state index < -0.39 is 0 Å². The largest absolute Gasteiger partial charge is 0.374 e. The normalized spacial score (nSPS) is 47.4. The van der Waals surface area contributed by atoms with Gasteiger partial charge in [-0.25, -0.2) is 0 Å². The highest BCUT2D eigenvalue weighted by atomic mass is 16.5. The SMILES string of the molecule is C1=CCC(C2CCC3CC2O3)C=C1. The van der Waals surface area contributed by atoms with Crippen LogP contribution in [0.4, 0.5) is 0 Å². The second-order valence-corrected chi connectivity index (χ2v) is 4.49. The molecule has 2 bridgehead atoms. The summed E-state index contributed by atoms with van der Waals surface area (Å²) in [5.41, 5.74) is 0. The summed E-state index contributed by atoms with van der Waals surface area (Å²) in [5.74, 6) is 1.57. The second-order valence-electron chi connectivity index (χ2n) is 4.49. The molecule has 0 aromatic rings. The predicted octanol–water partition coefficient (Wildman–Crippen LogP) is 2.69. The Kier molecular flexibility index (Phi) is 1.79. The summed E-state index contributed by atoms with van der Waals surface area (Å²) in [5, 5.41) is 0. The molecular weight excluding hydrogens is 160 g/mol. The van der Waals surface area contributed by atoms with E-state index in [2.05, 4.69) is 24.3 Å². The maximum atomic E-state index is 5.78. The Bertz CT molecular complexity index is 245. The van der Waals surface area contributed by atoms with Crippen LogP contribution in [0.5, 0.6) is 0 Å². The van der Waals surface area contributed by atoms with Gasteiger partial charge in [-0.3, -0.25) is 0 Å². The van der Waals surface area contributed by atoms with Gasteiger partial charge in [0.05, 0.1) is 12.2 Å². The summed E-state index contributed by atoms with van der Waals surface area (Å²) in [4.78, 5) is 0. The molecule has 1 nitrogen and oxygen atoms in total. The first-order valence-electron chi connectivity index (χ1n) is 5.42. The zero-order chi connectivity index (χ0) is 8.67. The summed E-state index contributed by atoms with van der Waals surface area (Å²) in [6.07, 6.45) is 15.5. The smallest absolute Gasteiger partial charge is 0.0637 e. The Hall–Kier alpha value is -0.560. The van der Waals surface area contributed by atoms with Gasteiger partial charge in [0.25, 0.3) is 0 Å². The number of rotatable bonds is 1. The minimum Gasteiger partial charge on any atom is -0.374 e. The molecule has 1 heteroatoms. The van der Waals surface area contributed by atoms with E-state index in [1.807, 2.05) is 0 Å². The summed E-state index contributed by atoms with van der Waals surface area (Å²) in [6, 6.07) is 0. The first kappa shape index (κ1) is 7.81. The van der Waals surface area contributed by atoms with Crippen LogP contribution in [-0.4, -0.2) is 12.2 Å². The van der Waals surface area contributed by atoms with E-state index in [0.29, 0.717) is 12.2 Å². The minimum absolute atomic E-state index is 0.597. The van der Waals surface area contributed by atoms with Gasteiger partial charge < -0.3 is 4.74 Å². The zero-order valence-electron chi connectivity index (χ0n) is 7.86. The van der Waals surface area contributed by atoms with Gasteiger partial charge in [-0.2, -0.15) is 0 Å². The molecule has 3 fully saturated rings. The fourth-order valence-electron chi connectivity index (χ4n) is 2.93. The fraction of sp³-hybridized carbons (Fsp3) is 0.667. The first-order valence-corrected chi connectivity index (χ1v) is 5.42. The van der Waals surface area contributed by atoms with Crippen LogP contribution in [0.2, 0.25) is 0 Å². The highest BCUT2D eigenvalue weighted by Gasteiger charge is 2.43. The van der Waals surface area contributed by atoms with E-state index in [4.69, 9.17) is 4.74 Å². The molecule has 2 saturated heterocycles. The van der Waals surface area contributed by atoms with Crippen molar-refractivity contribution < 1.29 is 4.74 Å². The van der Waals surface area contributed by atoms with Gasteiger partial charge in [0.2, 0.25) is 0 Å². The topological polar surface area (TPSA) is 9.23 Å². The number of ether oxygens (including phenoxy) is 1. The second kappa shape index (κ2) is 2.98. The highest BCUT2D eigenvalue weighted by Crippen LogP contribution is 2.44. The third-order valence-electron chi connectivity index (χ3n) is 3.73. The molecule has 4 unspecified atom stereocenters. The van der Waals surface area contributed by atoms with E-state index in [0.717, 1.165) is 11.8 Å². The van der Waals surface area contributed by atoms with Crippen LogP contribution in [0.15, 0.2) is 24.3 Å². The molecule has 0 radical (unpaired) electrons. The monoisotopic (exact) mass is 176 g/mol.